The standard InChI is InChI=1S/C32H39N5O5S/c1-32(2,3)20-37(29(39)23-11-12-25-28(16-23)42-30(34-25)36-13-7-8-14-36)18-27(38)26(15-22-9-5-4-6-10-22)35-31(40)41-19-24-17-33-21-43-24/h4-6,9-12,16-17,21,26-27,38H,7-8,13-15,18-20H2,1-3H3,(H,35,40)/t26-,27+/m0/s1. The maximum atomic E-state index is 13.9. The van der Waals surface area contributed by atoms with Crippen molar-refractivity contribution in [1.82, 2.24) is 20.2 Å². The van der Waals surface area contributed by atoms with E-state index in [1.165, 1.54) is 11.3 Å². The monoisotopic (exact) mass is 605 g/mol. The molecule has 2 N–H and O–H groups in total. The molecule has 0 bridgehead atoms. The minimum atomic E-state index is -1.07. The maximum Gasteiger partial charge on any atom is 0.407 e. The minimum Gasteiger partial charge on any atom is -0.444 e. The van der Waals surface area contributed by atoms with Crippen LogP contribution in [0.3, 0.4) is 0 Å². The molecule has 0 spiro atoms. The van der Waals surface area contributed by atoms with Gasteiger partial charge in [0.1, 0.15) is 12.1 Å². The first-order chi connectivity index (χ1) is 20.6. The van der Waals surface area contributed by atoms with Gasteiger partial charge in [0.2, 0.25) is 0 Å². The molecule has 1 saturated heterocycles. The third kappa shape index (κ3) is 8.32. The number of benzene rings is 2. The number of fused-ring (bicyclic) bond motifs is 1. The Labute approximate surface area is 255 Å². The smallest absolute Gasteiger partial charge is 0.407 e. The number of hydrogen-bond acceptors (Lipinski definition) is 9. The molecule has 4 aromatic rings. The van der Waals surface area contributed by atoms with Crippen molar-refractivity contribution in [3.63, 3.8) is 0 Å². The van der Waals surface area contributed by atoms with E-state index in [-0.39, 0.29) is 24.5 Å². The second-order valence-electron chi connectivity index (χ2n) is 12.2. The van der Waals surface area contributed by atoms with Gasteiger partial charge in [0.05, 0.1) is 22.5 Å². The Bertz CT molecular complexity index is 1500. The number of aliphatic hydroxyl groups excluding tert-OH is 1. The van der Waals surface area contributed by atoms with Gasteiger partial charge in [0, 0.05) is 37.9 Å². The molecule has 5 rings (SSSR count). The normalized spacial score (nSPS) is 14.9. The number of carbonyl (C=O) groups is 2. The summed E-state index contributed by atoms with van der Waals surface area (Å²) in [5.41, 5.74) is 4.06. The zero-order valence-corrected chi connectivity index (χ0v) is 25.7. The summed E-state index contributed by atoms with van der Waals surface area (Å²) in [6.45, 7) is 8.43. The van der Waals surface area contributed by atoms with Gasteiger partial charge in [-0.1, -0.05) is 51.1 Å². The van der Waals surface area contributed by atoms with E-state index in [0.717, 1.165) is 36.4 Å². The number of thiazole rings is 1. The van der Waals surface area contributed by atoms with Crippen molar-refractivity contribution >= 4 is 40.5 Å². The van der Waals surface area contributed by atoms with Gasteiger partial charge in [-0.2, -0.15) is 4.98 Å². The van der Waals surface area contributed by atoms with Crippen LogP contribution < -0.4 is 10.2 Å². The van der Waals surface area contributed by atoms with Crippen LogP contribution in [0.2, 0.25) is 0 Å². The van der Waals surface area contributed by atoms with Gasteiger partial charge in [-0.3, -0.25) is 9.78 Å². The predicted octanol–water partition coefficient (Wildman–Crippen LogP) is 5.27. The second-order valence-corrected chi connectivity index (χ2v) is 13.1. The van der Waals surface area contributed by atoms with Crippen LogP contribution in [0.25, 0.3) is 11.1 Å². The fraction of sp³-hybridized carbons (Fsp3) is 0.438. The topological polar surface area (TPSA) is 121 Å². The number of aliphatic hydroxyl groups is 1. The van der Waals surface area contributed by atoms with E-state index >= 15 is 0 Å². The third-order valence-corrected chi connectivity index (χ3v) is 8.01. The zero-order chi connectivity index (χ0) is 30.4. The number of nitrogens with zero attached hydrogens (tertiary/aromatic N) is 4. The van der Waals surface area contributed by atoms with Gasteiger partial charge < -0.3 is 29.4 Å². The predicted molar refractivity (Wildman–Crippen MR) is 166 cm³/mol. The lowest BCUT2D eigenvalue weighted by molar-refractivity contribution is 0.0440. The van der Waals surface area contributed by atoms with Crippen molar-refractivity contribution in [3.05, 3.63) is 76.2 Å². The van der Waals surface area contributed by atoms with Crippen LogP contribution in [0.15, 0.2) is 64.7 Å². The molecular formula is C32H39N5O5S. The van der Waals surface area contributed by atoms with Gasteiger partial charge in [0.15, 0.2) is 5.58 Å². The number of amides is 2. The van der Waals surface area contributed by atoms with Crippen LogP contribution in [0.4, 0.5) is 10.8 Å². The highest BCUT2D eigenvalue weighted by Gasteiger charge is 2.30. The van der Waals surface area contributed by atoms with E-state index in [4.69, 9.17) is 9.15 Å². The average molecular weight is 606 g/mol. The van der Waals surface area contributed by atoms with Crippen LogP contribution in [-0.4, -0.2) is 70.3 Å². The van der Waals surface area contributed by atoms with Gasteiger partial charge in [-0.25, -0.2) is 4.79 Å². The SMILES string of the molecule is CC(C)(C)CN(C[C@@H](O)[C@H](Cc1ccccc1)NC(=O)OCc1cncs1)C(=O)c1ccc2nc(N3CCCC3)oc2c1. The minimum absolute atomic E-state index is 0.0101. The molecule has 1 aliphatic rings. The molecule has 2 aromatic heterocycles. The molecule has 228 valence electrons. The zero-order valence-electron chi connectivity index (χ0n) is 24.9. The molecule has 2 amide bonds. The summed E-state index contributed by atoms with van der Waals surface area (Å²) in [5, 5.41) is 14.4. The lowest BCUT2D eigenvalue weighted by atomic mass is 9.94. The van der Waals surface area contributed by atoms with E-state index in [0.29, 0.717) is 35.6 Å². The van der Waals surface area contributed by atoms with Gasteiger partial charge >= 0.3 is 6.09 Å². The fourth-order valence-electron chi connectivity index (χ4n) is 5.21. The number of rotatable bonds is 11. The molecule has 0 saturated carbocycles. The summed E-state index contributed by atoms with van der Waals surface area (Å²) in [6, 6.07) is 14.8. The van der Waals surface area contributed by atoms with Crippen molar-refractivity contribution in [2.45, 2.75) is 58.8 Å². The lowest BCUT2D eigenvalue weighted by Gasteiger charge is -2.34. The van der Waals surface area contributed by atoms with Gasteiger partial charge in [-0.15, -0.1) is 11.3 Å². The quantitative estimate of drug-likeness (QED) is 0.237. The van der Waals surface area contributed by atoms with Crippen LogP contribution >= 0.6 is 11.3 Å². The molecule has 1 aliphatic heterocycles. The number of ether oxygens (including phenoxy) is 1. The van der Waals surface area contributed by atoms with E-state index < -0.39 is 18.2 Å². The van der Waals surface area contributed by atoms with Crippen LogP contribution in [0.1, 0.15) is 54.4 Å². The highest BCUT2D eigenvalue weighted by Crippen LogP contribution is 2.27. The Hall–Kier alpha value is -3.96. The van der Waals surface area contributed by atoms with E-state index in [2.05, 4.69) is 20.2 Å². The molecule has 10 nitrogen and oxygen atoms in total. The largest absolute Gasteiger partial charge is 0.444 e. The third-order valence-electron chi connectivity index (χ3n) is 7.26. The number of aromatic nitrogens is 2. The van der Waals surface area contributed by atoms with Crippen molar-refractivity contribution < 1.29 is 23.8 Å². The molecule has 2 atom stereocenters. The van der Waals surface area contributed by atoms with E-state index in [1.807, 2.05) is 51.1 Å². The van der Waals surface area contributed by atoms with E-state index in [1.54, 1.807) is 34.8 Å². The number of alkyl carbamates (subject to hydrolysis) is 1. The Morgan fingerprint density at radius 2 is 1.93 bits per heavy atom. The molecular weight excluding hydrogens is 566 g/mol. The summed E-state index contributed by atoms with van der Waals surface area (Å²) in [5.74, 6) is -0.235. The van der Waals surface area contributed by atoms with Gasteiger partial charge in [-0.05, 0) is 48.4 Å². The molecule has 1 fully saturated rings. The molecule has 11 heteroatoms. The van der Waals surface area contributed by atoms with E-state index in [9.17, 15) is 14.7 Å². The first-order valence-corrected chi connectivity index (χ1v) is 15.5. The Balaban J connectivity index is 1.34. The number of oxazole rings is 1. The number of nitrogens with one attached hydrogen (secondary N) is 1. The summed E-state index contributed by atoms with van der Waals surface area (Å²) in [6.07, 6.45) is 2.50. The number of carbonyl (C=O) groups excluding carboxylic acids is 2. The molecule has 0 aliphatic carbocycles. The Morgan fingerprint density at radius 1 is 1.16 bits per heavy atom. The number of anilines is 1. The van der Waals surface area contributed by atoms with Crippen LogP contribution in [0, 0.1) is 5.41 Å². The average Bonchev–Trinajstić information content (AvgIpc) is 3.76. The molecule has 0 unspecified atom stereocenters. The van der Waals surface area contributed by atoms with Gasteiger partial charge in [0.25, 0.3) is 11.9 Å². The Morgan fingerprint density at radius 3 is 2.63 bits per heavy atom. The molecule has 43 heavy (non-hydrogen) atoms. The maximum absolute atomic E-state index is 13.9. The summed E-state index contributed by atoms with van der Waals surface area (Å²) in [7, 11) is 0. The van der Waals surface area contributed by atoms with Crippen molar-refractivity contribution in [2.75, 3.05) is 31.1 Å². The Kier molecular flexibility index (Phi) is 9.62. The summed E-state index contributed by atoms with van der Waals surface area (Å²) in [4.78, 5) is 39.9. The fourth-order valence-corrected chi connectivity index (χ4v) is 5.72. The second kappa shape index (κ2) is 13.6. The first-order valence-electron chi connectivity index (χ1n) is 14.6. The lowest BCUT2D eigenvalue weighted by Crippen LogP contribution is -2.51. The molecule has 3 heterocycles. The van der Waals surface area contributed by atoms with Crippen LogP contribution in [-0.2, 0) is 17.8 Å². The summed E-state index contributed by atoms with van der Waals surface area (Å²) < 4.78 is 11.4. The molecule has 0 radical (unpaired) electrons. The summed E-state index contributed by atoms with van der Waals surface area (Å²) >= 11 is 1.39. The molecule has 2 aromatic carbocycles. The van der Waals surface area contributed by atoms with Crippen molar-refractivity contribution in [1.29, 1.82) is 0 Å². The highest BCUT2D eigenvalue weighted by atomic mass is 32.1. The highest BCUT2D eigenvalue weighted by molar-refractivity contribution is 7.09. The van der Waals surface area contributed by atoms with Crippen LogP contribution in [0.5, 0.6) is 0 Å². The first kappa shape index (κ1) is 30.5. The van der Waals surface area contributed by atoms with Crippen molar-refractivity contribution in [3.8, 4) is 0 Å². The number of hydrogen-bond donors (Lipinski definition) is 2. The van der Waals surface area contributed by atoms with Crippen molar-refractivity contribution in [2.24, 2.45) is 5.41 Å².